The normalized spacial score (nSPS) is 23.8. The number of rotatable bonds is 3. The topological polar surface area (TPSA) is 76.2 Å². The van der Waals surface area contributed by atoms with Crippen LogP contribution in [-0.2, 0) is 7.05 Å². The Balaban J connectivity index is 1.65. The molecule has 2 aliphatic rings. The van der Waals surface area contributed by atoms with E-state index in [1.54, 1.807) is 11.7 Å². The van der Waals surface area contributed by atoms with Crippen molar-refractivity contribution < 1.29 is 4.79 Å². The summed E-state index contributed by atoms with van der Waals surface area (Å²) in [6.07, 6.45) is 3.65. The number of nitrogens with one attached hydrogen (secondary N) is 1. The maximum absolute atomic E-state index is 12.3. The van der Waals surface area contributed by atoms with Crippen molar-refractivity contribution >= 4 is 11.6 Å². The summed E-state index contributed by atoms with van der Waals surface area (Å²) in [5, 5.41) is 7.26. The largest absolute Gasteiger partial charge is 0.395 e. The van der Waals surface area contributed by atoms with Crippen LogP contribution >= 0.6 is 0 Å². The van der Waals surface area contributed by atoms with Crippen molar-refractivity contribution in [3.05, 3.63) is 11.4 Å². The van der Waals surface area contributed by atoms with E-state index in [1.807, 2.05) is 6.92 Å². The molecule has 2 fully saturated rings. The van der Waals surface area contributed by atoms with Crippen LogP contribution in [0.3, 0.4) is 0 Å². The highest BCUT2D eigenvalue weighted by Crippen LogP contribution is 2.29. The lowest BCUT2D eigenvalue weighted by molar-refractivity contribution is 0.0929. The SMILES string of the molecule is Cc1nn(C)c(C(=O)NC2CCN(C3CC3)C2)c1N. The average molecular weight is 263 g/mol. The zero-order chi connectivity index (χ0) is 13.6. The van der Waals surface area contributed by atoms with Crippen LogP contribution in [0.25, 0.3) is 0 Å². The molecule has 1 atom stereocenters. The van der Waals surface area contributed by atoms with Crippen molar-refractivity contribution in [2.75, 3.05) is 18.8 Å². The lowest BCUT2D eigenvalue weighted by Gasteiger charge is -2.16. The molecule has 0 radical (unpaired) electrons. The van der Waals surface area contributed by atoms with Gasteiger partial charge in [0.1, 0.15) is 5.69 Å². The van der Waals surface area contributed by atoms with Crippen LogP contribution < -0.4 is 11.1 Å². The smallest absolute Gasteiger partial charge is 0.271 e. The summed E-state index contributed by atoms with van der Waals surface area (Å²) in [5.41, 5.74) is 7.57. The molecule has 6 nitrogen and oxygen atoms in total. The molecule has 104 valence electrons. The summed E-state index contributed by atoms with van der Waals surface area (Å²) in [6.45, 7) is 3.87. The van der Waals surface area contributed by atoms with Gasteiger partial charge in [-0.2, -0.15) is 5.10 Å². The van der Waals surface area contributed by atoms with E-state index in [4.69, 9.17) is 5.73 Å². The lowest BCUT2D eigenvalue weighted by Crippen LogP contribution is -2.38. The van der Waals surface area contributed by atoms with Gasteiger partial charge < -0.3 is 11.1 Å². The zero-order valence-electron chi connectivity index (χ0n) is 11.5. The number of anilines is 1. The first-order chi connectivity index (χ1) is 9.06. The van der Waals surface area contributed by atoms with Gasteiger partial charge in [-0.1, -0.05) is 0 Å². The predicted octanol–water partition coefficient (Wildman–Crippen LogP) is 0.277. The van der Waals surface area contributed by atoms with E-state index in [2.05, 4.69) is 15.3 Å². The molecule has 0 spiro atoms. The zero-order valence-corrected chi connectivity index (χ0v) is 11.5. The number of hydrogen-bond donors (Lipinski definition) is 2. The molecule has 1 aliphatic carbocycles. The van der Waals surface area contributed by atoms with Gasteiger partial charge in [-0.3, -0.25) is 14.4 Å². The van der Waals surface area contributed by atoms with Gasteiger partial charge in [-0.05, 0) is 26.2 Å². The number of aryl methyl sites for hydroxylation is 2. The molecule has 1 aromatic heterocycles. The summed E-state index contributed by atoms with van der Waals surface area (Å²) in [7, 11) is 1.75. The van der Waals surface area contributed by atoms with Crippen molar-refractivity contribution in [2.45, 2.75) is 38.3 Å². The molecule has 6 heteroatoms. The molecule has 1 unspecified atom stereocenters. The molecular formula is C13H21N5O. The van der Waals surface area contributed by atoms with Gasteiger partial charge in [0, 0.05) is 32.2 Å². The number of aromatic nitrogens is 2. The van der Waals surface area contributed by atoms with Crippen molar-refractivity contribution in [3.63, 3.8) is 0 Å². The number of nitrogen functional groups attached to an aromatic ring is 1. The number of hydrogen-bond acceptors (Lipinski definition) is 4. The maximum atomic E-state index is 12.3. The van der Waals surface area contributed by atoms with Crippen LogP contribution in [0.4, 0.5) is 5.69 Å². The molecule has 3 N–H and O–H groups in total. The standard InChI is InChI=1S/C13H21N5O/c1-8-11(14)12(17(2)16-8)13(19)15-9-5-6-18(7-9)10-3-4-10/h9-10H,3-7,14H2,1-2H3,(H,15,19). The molecule has 0 aromatic carbocycles. The Hall–Kier alpha value is -1.56. The van der Waals surface area contributed by atoms with E-state index in [-0.39, 0.29) is 11.9 Å². The summed E-state index contributed by atoms with van der Waals surface area (Å²) in [4.78, 5) is 14.8. The molecule has 3 rings (SSSR count). The second kappa shape index (κ2) is 4.52. The van der Waals surface area contributed by atoms with Gasteiger partial charge in [-0.15, -0.1) is 0 Å². The lowest BCUT2D eigenvalue weighted by atomic mass is 10.2. The Bertz CT molecular complexity index is 505. The highest BCUT2D eigenvalue weighted by Gasteiger charge is 2.35. The molecule has 1 aromatic rings. The van der Waals surface area contributed by atoms with Gasteiger partial charge in [0.2, 0.25) is 0 Å². The summed E-state index contributed by atoms with van der Waals surface area (Å²) < 4.78 is 1.56. The minimum absolute atomic E-state index is 0.108. The second-order valence-corrected chi connectivity index (χ2v) is 5.66. The highest BCUT2D eigenvalue weighted by molar-refractivity contribution is 5.98. The van der Waals surface area contributed by atoms with Crippen molar-refractivity contribution in [3.8, 4) is 0 Å². The average Bonchev–Trinajstić information content (AvgIpc) is 3.04. The van der Waals surface area contributed by atoms with Gasteiger partial charge >= 0.3 is 0 Å². The first kappa shape index (κ1) is 12.5. The van der Waals surface area contributed by atoms with Gasteiger partial charge in [0.25, 0.3) is 5.91 Å². The van der Waals surface area contributed by atoms with E-state index in [1.165, 1.54) is 12.8 Å². The minimum atomic E-state index is -0.108. The number of amides is 1. The number of carbonyl (C=O) groups is 1. The number of carbonyl (C=O) groups excluding carboxylic acids is 1. The Morgan fingerprint density at radius 3 is 2.74 bits per heavy atom. The molecule has 1 saturated heterocycles. The van der Waals surface area contributed by atoms with Crippen LogP contribution in [0.1, 0.15) is 35.4 Å². The minimum Gasteiger partial charge on any atom is -0.395 e. The third-order valence-electron chi connectivity index (χ3n) is 4.10. The molecule has 1 saturated carbocycles. The van der Waals surface area contributed by atoms with E-state index < -0.39 is 0 Å². The van der Waals surface area contributed by atoms with Crippen molar-refractivity contribution in [1.29, 1.82) is 0 Å². The van der Waals surface area contributed by atoms with Crippen molar-refractivity contribution in [1.82, 2.24) is 20.0 Å². The Kier molecular flexibility index (Phi) is 2.97. The van der Waals surface area contributed by atoms with E-state index in [0.717, 1.165) is 25.6 Å². The highest BCUT2D eigenvalue weighted by atomic mass is 16.2. The molecule has 0 bridgehead atoms. The van der Waals surface area contributed by atoms with Crippen LogP contribution in [0.2, 0.25) is 0 Å². The van der Waals surface area contributed by atoms with E-state index >= 15 is 0 Å². The molecular weight excluding hydrogens is 242 g/mol. The maximum Gasteiger partial charge on any atom is 0.271 e. The second-order valence-electron chi connectivity index (χ2n) is 5.66. The van der Waals surface area contributed by atoms with Crippen molar-refractivity contribution in [2.24, 2.45) is 7.05 Å². The number of nitrogens with zero attached hydrogens (tertiary/aromatic N) is 3. The fraction of sp³-hybridized carbons (Fsp3) is 0.692. The molecule has 1 amide bonds. The van der Waals surface area contributed by atoms with Gasteiger partial charge in [-0.25, -0.2) is 0 Å². The van der Waals surface area contributed by atoms with E-state index in [9.17, 15) is 4.79 Å². The van der Waals surface area contributed by atoms with Crippen LogP contribution in [0, 0.1) is 6.92 Å². The summed E-state index contributed by atoms with van der Waals surface area (Å²) >= 11 is 0. The third-order valence-corrected chi connectivity index (χ3v) is 4.10. The quantitative estimate of drug-likeness (QED) is 0.821. The van der Waals surface area contributed by atoms with Crippen LogP contribution in [0.15, 0.2) is 0 Å². The molecule has 19 heavy (non-hydrogen) atoms. The van der Waals surface area contributed by atoms with Gasteiger partial charge in [0.05, 0.1) is 11.4 Å². The first-order valence-corrected chi connectivity index (χ1v) is 6.90. The van der Waals surface area contributed by atoms with Gasteiger partial charge in [0.15, 0.2) is 0 Å². The number of nitrogens with two attached hydrogens (primary N) is 1. The Morgan fingerprint density at radius 1 is 1.42 bits per heavy atom. The van der Waals surface area contributed by atoms with Crippen LogP contribution in [0.5, 0.6) is 0 Å². The fourth-order valence-electron chi connectivity index (χ4n) is 2.87. The fourth-order valence-corrected chi connectivity index (χ4v) is 2.87. The predicted molar refractivity (Wildman–Crippen MR) is 72.8 cm³/mol. The first-order valence-electron chi connectivity index (χ1n) is 6.90. The summed E-state index contributed by atoms with van der Waals surface area (Å²) in [5.74, 6) is -0.108. The Morgan fingerprint density at radius 2 is 2.16 bits per heavy atom. The third kappa shape index (κ3) is 2.32. The molecule has 2 heterocycles. The Labute approximate surface area is 112 Å². The monoisotopic (exact) mass is 263 g/mol. The summed E-state index contributed by atoms with van der Waals surface area (Å²) in [6, 6.07) is 1.01. The molecule has 1 aliphatic heterocycles. The van der Waals surface area contributed by atoms with E-state index in [0.29, 0.717) is 17.1 Å². The van der Waals surface area contributed by atoms with Crippen LogP contribution in [-0.4, -0.2) is 45.8 Å². The number of likely N-dealkylation sites (tertiary alicyclic amines) is 1.